The summed E-state index contributed by atoms with van der Waals surface area (Å²) in [5.74, 6) is 0. The second kappa shape index (κ2) is 140. The molecule has 0 unspecified atom stereocenters. The van der Waals surface area contributed by atoms with Crippen LogP contribution >= 0.6 is 18.6 Å². The molecule has 0 aliphatic heterocycles. The number of nitrogens with one attached hydrogen (secondary N) is 2. The van der Waals surface area contributed by atoms with Gasteiger partial charge in [-0.05, 0) is 0 Å². The van der Waals surface area contributed by atoms with Crippen LogP contribution in [-0.2, 0) is 135 Å². The van der Waals surface area contributed by atoms with E-state index in [1.165, 1.54) is 0 Å². The van der Waals surface area contributed by atoms with Crippen molar-refractivity contribution in [2.24, 2.45) is 0 Å². The smallest absolute Gasteiger partial charge is 0.671 e. The molecule has 0 atom stereocenters. The fourth-order valence-corrected chi connectivity index (χ4v) is 0. The van der Waals surface area contributed by atoms with Crippen LogP contribution in [0.4, 0.5) is 0 Å². The van der Waals surface area contributed by atoms with Crippen LogP contribution in [0.3, 0.4) is 0 Å². The molecule has 0 aromatic carbocycles. The molecule has 0 heterocycles. The van der Waals surface area contributed by atoms with Gasteiger partial charge in [0, 0.05) is 99.7 Å². The summed E-state index contributed by atoms with van der Waals surface area (Å²) in [5.41, 5.74) is 11.1. The Labute approximate surface area is 215 Å². The van der Waals surface area contributed by atoms with E-state index >= 15 is 0 Å². The Kier molecular flexibility index (Phi) is 454. The molecule has 0 saturated carbocycles. The van der Waals surface area contributed by atoms with Crippen LogP contribution < -0.4 is 0 Å². The first kappa shape index (κ1) is 65.0. The van der Waals surface area contributed by atoms with E-state index in [9.17, 15) is 0 Å². The van der Waals surface area contributed by atoms with Crippen LogP contribution in [0.5, 0.6) is 0 Å². The zero-order chi connectivity index (χ0) is 13.5. The third-order valence-corrected chi connectivity index (χ3v) is 0. The molecule has 0 saturated heterocycles. The molecule has 0 aliphatic rings. The average molecular weight is 532 g/mol. The van der Waals surface area contributed by atoms with E-state index in [1.54, 1.807) is 0 Å². The average Bonchev–Trinajstić information content (AvgIpc) is 2.09. The molecule has 0 aliphatic carbocycles. The number of halogens is 2. The maximum atomic E-state index is 8.47. The van der Waals surface area contributed by atoms with E-state index in [1.807, 2.05) is 40.5 Å². The van der Waals surface area contributed by atoms with Crippen LogP contribution in [-0.4, -0.2) is 12.8 Å². The Hall–Kier alpha value is 3.81. The first-order chi connectivity index (χ1) is 7.07. The Morgan fingerprint density at radius 2 is 0.800 bits per heavy atom. The fourth-order valence-electron chi connectivity index (χ4n) is 0. The third-order valence-electron chi connectivity index (χ3n) is 0. The Morgan fingerprint density at radius 1 is 0.800 bits per heavy atom. The fraction of sp³-hybridized carbons (Fsp3) is 0.500. The minimum absolute atomic E-state index is 0. The predicted molar refractivity (Wildman–Crippen MR) is 63.8 cm³/mol. The standard InChI is InChI=1S/2C3H7.2CH3NO.2ClH.6Ti/c2*1-3-2;2*2-1-3;;;;;;;;/h2*3H,1-2H3;2*1H,(H2,2,3);2*1H;;;;;;/q2*-1;;;;;;;;;2*+2/p-4. The minimum atomic E-state index is -0.556. The van der Waals surface area contributed by atoms with Gasteiger partial charge < -0.3 is 33.9 Å². The van der Waals surface area contributed by atoms with Gasteiger partial charge in [0.2, 0.25) is 0 Å². The van der Waals surface area contributed by atoms with E-state index in [2.05, 4.69) is 0 Å². The minimum Gasteiger partial charge on any atom is -0.671 e. The van der Waals surface area contributed by atoms with Crippen molar-refractivity contribution in [3.8, 4) is 0 Å². The molecule has 2 N–H and O–H groups in total. The second-order valence-corrected chi connectivity index (χ2v) is 4.04. The van der Waals surface area contributed by atoms with Crippen LogP contribution in [0.25, 0.3) is 11.5 Å². The van der Waals surface area contributed by atoms with Crippen molar-refractivity contribution < 1.29 is 135 Å². The number of carbonyl (C=O) groups is 2. The van der Waals surface area contributed by atoms with Crippen molar-refractivity contribution in [1.82, 2.24) is 0 Å². The van der Waals surface area contributed by atoms with E-state index in [4.69, 9.17) is 39.7 Å². The van der Waals surface area contributed by atoms with Gasteiger partial charge in [-0.3, -0.25) is 0 Å². The first-order valence-corrected chi connectivity index (χ1v) is 8.03. The molecule has 0 spiro atoms. The predicted octanol–water partition coefficient (Wildman–Crippen LogP) is 4.21. The Bertz CT molecular complexity index is 83.2. The van der Waals surface area contributed by atoms with Gasteiger partial charge in [0.05, 0.1) is 0 Å². The van der Waals surface area contributed by atoms with Crippen molar-refractivity contribution in [1.29, 1.82) is 0 Å². The van der Waals surface area contributed by atoms with Crippen LogP contribution in [0, 0.1) is 12.8 Å². The summed E-state index contributed by atoms with van der Waals surface area (Å²) >= 11 is -0.556. The van der Waals surface area contributed by atoms with Crippen molar-refractivity contribution in [3.63, 3.8) is 0 Å². The van der Waals surface area contributed by atoms with E-state index in [0.717, 1.165) is 0 Å². The van der Waals surface area contributed by atoms with Crippen molar-refractivity contribution in [2.75, 3.05) is 0 Å². The second-order valence-electron chi connectivity index (χ2n) is 1.46. The molecular formula is C8H18Cl2N2O2Ti6-2. The van der Waals surface area contributed by atoms with Crippen molar-refractivity contribution in [3.05, 3.63) is 24.3 Å². The summed E-state index contributed by atoms with van der Waals surface area (Å²) in [6.07, 6.45) is 4.00. The van der Waals surface area contributed by atoms with Crippen LogP contribution in [0.1, 0.15) is 27.7 Å². The number of hydrogen-bond donors (Lipinski definition) is 0. The van der Waals surface area contributed by atoms with Gasteiger partial charge in [-0.1, -0.05) is 0 Å². The molecule has 0 radical (unpaired) electrons. The summed E-state index contributed by atoms with van der Waals surface area (Å²) in [4.78, 5) is 16.9. The third kappa shape index (κ3) is 652. The monoisotopic (exact) mass is 532 g/mol. The summed E-state index contributed by atoms with van der Waals surface area (Å²) in [7, 11) is 9.78. The topological polar surface area (TPSA) is 81.7 Å². The van der Waals surface area contributed by atoms with Crippen LogP contribution in [0.2, 0.25) is 0 Å². The normalized spacial score (nSPS) is 3.70. The molecular weight excluding hydrogens is 514 g/mol. The molecule has 0 bridgehead atoms. The van der Waals surface area contributed by atoms with Crippen molar-refractivity contribution >= 4 is 31.4 Å². The Balaban J connectivity index is -0.00000000735. The van der Waals surface area contributed by atoms with Gasteiger partial charge in [0.1, 0.15) is 0 Å². The summed E-state index contributed by atoms with van der Waals surface area (Å²) in [6, 6.07) is 0. The zero-order valence-electron chi connectivity index (χ0n) is 11.9. The first-order valence-electron chi connectivity index (χ1n) is 3.74. The summed E-state index contributed by atoms with van der Waals surface area (Å²) in [6.45, 7) is 8.00. The van der Waals surface area contributed by atoms with Crippen LogP contribution in [0.15, 0.2) is 0 Å². The summed E-state index contributed by atoms with van der Waals surface area (Å²) < 4.78 is 0. The molecule has 0 fully saturated rings. The van der Waals surface area contributed by atoms with Gasteiger partial charge in [0.15, 0.2) is 0 Å². The number of rotatable bonds is 0. The number of carbonyl (C=O) groups excluding carboxylic acids is 2. The SMILES string of the molecule is C[CH-]C.C[CH-]C.[Cl][Ti][Cl].[NH-]C=O.[NH-]C=O.[Ti+2].[Ti].[Ti].[Ti].[Ti]. The quantitative estimate of drug-likeness (QED) is 0.266. The van der Waals surface area contributed by atoms with Gasteiger partial charge >= 0.3 is 57.4 Å². The van der Waals surface area contributed by atoms with Gasteiger partial charge in [-0.2, -0.15) is 27.7 Å². The molecule has 12 heteroatoms. The zero-order valence-corrected chi connectivity index (χ0v) is 22.8. The van der Waals surface area contributed by atoms with E-state index in [-0.39, 0.29) is 121 Å². The number of hydrogen-bond acceptors (Lipinski definition) is 2. The van der Waals surface area contributed by atoms with Gasteiger partial charge in [-0.15, -0.1) is 0 Å². The summed E-state index contributed by atoms with van der Waals surface area (Å²) in [5, 5.41) is 0. The Morgan fingerprint density at radius 3 is 0.800 bits per heavy atom. The van der Waals surface area contributed by atoms with E-state index in [0.29, 0.717) is 0 Å². The molecule has 2 amide bonds. The van der Waals surface area contributed by atoms with Crippen molar-refractivity contribution in [2.45, 2.75) is 27.7 Å². The van der Waals surface area contributed by atoms with Gasteiger partial charge in [-0.25, -0.2) is 0 Å². The van der Waals surface area contributed by atoms with Gasteiger partial charge in [0.25, 0.3) is 0 Å². The maximum absolute atomic E-state index is 8.47. The van der Waals surface area contributed by atoms with E-state index < -0.39 is 17.0 Å². The maximum Gasteiger partial charge on any atom is 2.00 e. The number of amides is 2. The largest absolute Gasteiger partial charge is 2.00 e. The molecule has 4 nitrogen and oxygen atoms in total. The molecule has 112 valence electrons. The molecule has 0 rings (SSSR count). The molecule has 20 heavy (non-hydrogen) atoms. The molecule has 0 aromatic heterocycles. The molecule has 0 aromatic rings.